The van der Waals surface area contributed by atoms with E-state index in [1.807, 2.05) is 0 Å². The van der Waals surface area contributed by atoms with E-state index < -0.39 is 27.4 Å². The average molecular weight is 312 g/mol. The molecule has 0 spiro atoms. The number of aliphatic hydroxyl groups excluding tert-OH is 1. The van der Waals surface area contributed by atoms with Crippen LogP contribution in [0.5, 0.6) is 5.88 Å². The third-order valence-corrected chi connectivity index (χ3v) is 4.40. The first-order chi connectivity index (χ1) is 9.73. The standard InChI is InChI=1S/C13H16N2O5S/c1-8-11(12(9(2)16)21(18,19)20)13(17)15(14-8)10-6-4-3-5-7-10/h3-7,9,12,16-17H,1-2H3,(H,18,19,20)/t9-,12+/m1/s1. The number of hydrogen-bond acceptors (Lipinski definition) is 5. The van der Waals surface area contributed by atoms with Crippen LogP contribution in [0.2, 0.25) is 0 Å². The van der Waals surface area contributed by atoms with Crippen LogP contribution in [0.4, 0.5) is 0 Å². The normalized spacial score (nSPS) is 14.9. The number of aryl methyl sites for hydroxylation is 1. The van der Waals surface area contributed by atoms with Crippen molar-refractivity contribution < 1.29 is 23.2 Å². The second-order valence-corrected chi connectivity index (χ2v) is 6.28. The van der Waals surface area contributed by atoms with Gasteiger partial charge in [0, 0.05) is 0 Å². The van der Waals surface area contributed by atoms with Crippen molar-refractivity contribution in [2.24, 2.45) is 0 Å². The third-order valence-electron chi connectivity index (χ3n) is 3.13. The first kappa shape index (κ1) is 15.5. The molecular formula is C13H16N2O5S. The monoisotopic (exact) mass is 312 g/mol. The van der Waals surface area contributed by atoms with E-state index in [1.165, 1.54) is 13.8 Å². The molecule has 0 aliphatic rings. The minimum absolute atomic E-state index is 0.114. The summed E-state index contributed by atoms with van der Waals surface area (Å²) in [4.78, 5) is 0. The predicted molar refractivity (Wildman–Crippen MR) is 75.9 cm³/mol. The van der Waals surface area contributed by atoms with Crippen molar-refractivity contribution >= 4 is 10.1 Å². The summed E-state index contributed by atoms with van der Waals surface area (Å²) in [5.41, 5.74) is 0.625. The molecule has 2 atom stereocenters. The highest BCUT2D eigenvalue weighted by Crippen LogP contribution is 2.36. The van der Waals surface area contributed by atoms with E-state index in [0.29, 0.717) is 5.69 Å². The maximum Gasteiger partial charge on any atom is 0.274 e. The van der Waals surface area contributed by atoms with Crippen LogP contribution in [0.1, 0.15) is 23.4 Å². The molecule has 0 aliphatic heterocycles. The van der Waals surface area contributed by atoms with Gasteiger partial charge in [0.1, 0.15) is 5.25 Å². The molecule has 0 bridgehead atoms. The van der Waals surface area contributed by atoms with E-state index in [2.05, 4.69) is 5.10 Å². The van der Waals surface area contributed by atoms with Crippen molar-refractivity contribution in [2.45, 2.75) is 25.2 Å². The largest absolute Gasteiger partial charge is 0.493 e. The molecule has 0 aliphatic carbocycles. The minimum atomic E-state index is -4.59. The van der Waals surface area contributed by atoms with Gasteiger partial charge < -0.3 is 10.2 Å². The van der Waals surface area contributed by atoms with Crippen molar-refractivity contribution in [3.05, 3.63) is 41.6 Å². The first-order valence-corrected chi connectivity index (χ1v) is 7.72. The number of aromatic nitrogens is 2. The van der Waals surface area contributed by atoms with Crippen LogP contribution < -0.4 is 0 Å². The summed E-state index contributed by atoms with van der Waals surface area (Å²) >= 11 is 0. The fourth-order valence-corrected chi connectivity index (χ4v) is 3.32. The van der Waals surface area contributed by atoms with Crippen LogP contribution in [0.3, 0.4) is 0 Å². The van der Waals surface area contributed by atoms with Gasteiger partial charge in [0.05, 0.1) is 23.0 Å². The second kappa shape index (κ2) is 5.47. The Morgan fingerprint density at radius 1 is 1.24 bits per heavy atom. The zero-order valence-corrected chi connectivity index (χ0v) is 12.3. The van der Waals surface area contributed by atoms with Crippen LogP contribution in [0.15, 0.2) is 30.3 Å². The Balaban J connectivity index is 2.64. The molecule has 0 unspecified atom stereocenters. The molecular weight excluding hydrogens is 296 g/mol. The summed E-state index contributed by atoms with van der Waals surface area (Å²) in [7, 11) is -4.59. The molecule has 0 radical (unpaired) electrons. The highest BCUT2D eigenvalue weighted by molar-refractivity contribution is 7.86. The van der Waals surface area contributed by atoms with Gasteiger partial charge in [-0.25, -0.2) is 4.68 Å². The molecule has 1 aromatic heterocycles. The molecule has 2 aromatic rings. The van der Waals surface area contributed by atoms with Crippen molar-refractivity contribution in [1.82, 2.24) is 9.78 Å². The van der Waals surface area contributed by atoms with Crippen molar-refractivity contribution in [3.63, 3.8) is 0 Å². The number of benzene rings is 1. The topological polar surface area (TPSA) is 113 Å². The minimum Gasteiger partial charge on any atom is -0.493 e. The summed E-state index contributed by atoms with van der Waals surface area (Å²) in [6.07, 6.45) is -1.40. The van der Waals surface area contributed by atoms with Crippen LogP contribution in [0.25, 0.3) is 5.69 Å². The van der Waals surface area contributed by atoms with Gasteiger partial charge in [0.15, 0.2) is 0 Å². The number of nitrogens with zero attached hydrogens (tertiary/aromatic N) is 2. The molecule has 114 valence electrons. The Kier molecular flexibility index (Phi) is 4.04. The molecule has 21 heavy (non-hydrogen) atoms. The summed E-state index contributed by atoms with van der Waals surface area (Å²) in [5.74, 6) is -0.428. The van der Waals surface area contributed by atoms with E-state index in [4.69, 9.17) is 0 Å². The quantitative estimate of drug-likeness (QED) is 0.731. The molecule has 0 fully saturated rings. The maximum absolute atomic E-state index is 11.5. The van der Waals surface area contributed by atoms with E-state index in [9.17, 15) is 23.2 Å². The summed E-state index contributed by atoms with van der Waals surface area (Å²) < 4.78 is 33.4. The van der Waals surface area contributed by atoms with Gasteiger partial charge >= 0.3 is 0 Å². The lowest BCUT2D eigenvalue weighted by atomic mass is 10.1. The van der Waals surface area contributed by atoms with Crippen molar-refractivity contribution in [2.75, 3.05) is 0 Å². The Hall–Kier alpha value is -1.90. The van der Waals surface area contributed by atoms with E-state index >= 15 is 0 Å². The van der Waals surface area contributed by atoms with Crippen molar-refractivity contribution in [3.8, 4) is 11.6 Å². The third kappa shape index (κ3) is 2.92. The molecule has 0 saturated carbocycles. The Labute approximate surface area is 122 Å². The highest BCUT2D eigenvalue weighted by Gasteiger charge is 2.36. The highest BCUT2D eigenvalue weighted by atomic mass is 32.2. The molecule has 0 saturated heterocycles. The summed E-state index contributed by atoms with van der Waals surface area (Å²) in [5, 5.41) is 22.3. The molecule has 2 rings (SSSR count). The van der Waals surface area contributed by atoms with Gasteiger partial charge in [-0.1, -0.05) is 18.2 Å². The van der Waals surface area contributed by atoms with Gasteiger partial charge in [-0.2, -0.15) is 13.5 Å². The smallest absolute Gasteiger partial charge is 0.274 e. The molecule has 8 heteroatoms. The number of para-hydroxylation sites is 1. The van der Waals surface area contributed by atoms with Gasteiger partial charge in [-0.15, -0.1) is 0 Å². The number of rotatable bonds is 4. The lowest BCUT2D eigenvalue weighted by molar-refractivity contribution is 0.182. The van der Waals surface area contributed by atoms with E-state index in [0.717, 1.165) is 4.68 Å². The SMILES string of the molecule is Cc1nn(-c2ccccc2)c(O)c1[C@H]([C@@H](C)O)S(=O)(=O)O. The zero-order valence-electron chi connectivity index (χ0n) is 11.5. The van der Waals surface area contributed by atoms with E-state index in [-0.39, 0.29) is 11.3 Å². The summed E-state index contributed by atoms with van der Waals surface area (Å²) in [6.45, 7) is 2.71. The Morgan fingerprint density at radius 3 is 2.29 bits per heavy atom. The maximum atomic E-state index is 11.5. The van der Waals surface area contributed by atoms with E-state index in [1.54, 1.807) is 30.3 Å². The van der Waals surface area contributed by atoms with Gasteiger partial charge in [0.2, 0.25) is 5.88 Å². The fraction of sp³-hybridized carbons (Fsp3) is 0.308. The first-order valence-electron chi connectivity index (χ1n) is 6.21. The lowest BCUT2D eigenvalue weighted by Crippen LogP contribution is -2.24. The molecule has 0 amide bonds. The lowest BCUT2D eigenvalue weighted by Gasteiger charge is -2.16. The number of aromatic hydroxyl groups is 1. The van der Waals surface area contributed by atoms with Crippen LogP contribution in [0, 0.1) is 6.92 Å². The average Bonchev–Trinajstić information content (AvgIpc) is 2.66. The Bertz CT molecular complexity index is 737. The number of hydrogen-bond donors (Lipinski definition) is 3. The molecule has 7 nitrogen and oxygen atoms in total. The second-order valence-electron chi connectivity index (χ2n) is 4.75. The number of aliphatic hydroxyl groups is 1. The van der Waals surface area contributed by atoms with Gasteiger partial charge in [0.25, 0.3) is 10.1 Å². The van der Waals surface area contributed by atoms with Crippen LogP contribution >= 0.6 is 0 Å². The van der Waals surface area contributed by atoms with Crippen LogP contribution in [-0.2, 0) is 10.1 Å². The zero-order chi connectivity index (χ0) is 15.8. The fourth-order valence-electron chi connectivity index (χ4n) is 2.25. The van der Waals surface area contributed by atoms with Gasteiger partial charge in [-0.05, 0) is 26.0 Å². The molecule has 3 N–H and O–H groups in total. The molecule has 1 heterocycles. The van der Waals surface area contributed by atoms with Gasteiger partial charge in [-0.3, -0.25) is 4.55 Å². The molecule has 1 aromatic carbocycles. The Morgan fingerprint density at radius 2 is 1.81 bits per heavy atom. The summed E-state index contributed by atoms with van der Waals surface area (Å²) in [6, 6.07) is 8.62. The van der Waals surface area contributed by atoms with Crippen molar-refractivity contribution in [1.29, 1.82) is 0 Å². The van der Waals surface area contributed by atoms with Crippen LogP contribution in [-0.4, -0.2) is 39.1 Å². The predicted octanol–water partition coefficient (Wildman–Crippen LogP) is 1.20.